The lowest BCUT2D eigenvalue weighted by molar-refractivity contribution is 0.269. The largest absolute Gasteiger partial charge is 0.493 e. The third-order valence-electron chi connectivity index (χ3n) is 1.94. The normalized spacial score (nSPS) is 10.0. The van der Waals surface area contributed by atoms with Crippen LogP contribution in [0.4, 0.5) is 0 Å². The molecule has 0 spiro atoms. The lowest BCUT2D eigenvalue weighted by Gasteiger charge is -2.12. The molecule has 0 aromatic heterocycles. The van der Waals surface area contributed by atoms with Crippen molar-refractivity contribution in [1.82, 2.24) is 0 Å². The smallest absolute Gasteiger partial charge is 0.166 e. The van der Waals surface area contributed by atoms with Gasteiger partial charge in [-0.15, -0.1) is 0 Å². The molecule has 1 N–H and O–H groups in total. The third kappa shape index (κ3) is 2.19. The number of benzene rings is 1. The van der Waals surface area contributed by atoms with Gasteiger partial charge in [0.2, 0.25) is 0 Å². The summed E-state index contributed by atoms with van der Waals surface area (Å²) >= 11 is 3.35. The standard InChI is InChI=1S/C10H13BrO3/c1-13-9-4-7(5-11)3-8(6-12)10(9)14-2/h3-4,12H,5-6H2,1-2H3. The van der Waals surface area contributed by atoms with Crippen LogP contribution in [0.1, 0.15) is 11.1 Å². The molecular formula is C10H13BrO3. The Kier molecular flexibility index (Phi) is 4.22. The second-order valence-corrected chi connectivity index (χ2v) is 3.34. The Bertz CT molecular complexity index is 287. The van der Waals surface area contributed by atoms with Gasteiger partial charge in [-0.3, -0.25) is 0 Å². The number of halogens is 1. The van der Waals surface area contributed by atoms with Gasteiger partial charge >= 0.3 is 0 Å². The summed E-state index contributed by atoms with van der Waals surface area (Å²) in [7, 11) is 3.14. The Morgan fingerprint density at radius 1 is 1.29 bits per heavy atom. The first-order valence-corrected chi connectivity index (χ1v) is 5.29. The molecule has 1 rings (SSSR count). The number of ether oxygens (including phenoxy) is 2. The SMILES string of the molecule is COc1cc(CBr)cc(CO)c1OC. The van der Waals surface area contributed by atoms with Crippen molar-refractivity contribution in [2.75, 3.05) is 14.2 Å². The molecule has 0 bridgehead atoms. The van der Waals surface area contributed by atoms with E-state index in [0.717, 1.165) is 16.5 Å². The lowest BCUT2D eigenvalue weighted by Crippen LogP contribution is -1.97. The molecule has 0 unspecified atom stereocenters. The van der Waals surface area contributed by atoms with Gasteiger partial charge in [0.05, 0.1) is 20.8 Å². The van der Waals surface area contributed by atoms with Crippen molar-refractivity contribution in [3.05, 3.63) is 23.3 Å². The second-order valence-electron chi connectivity index (χ2n) is 2.78. The van der Waals surface area contributed by atoms with Crippen molar-refractivity contribution in [2.45, 2.75) is 11.9 Å². The number of alkyl halides is 1. The first-order valence-electron chi connectivity index (χ1n) is 4.17. The van der Waals surface area contributed by atoms with E-state index in [2.05, 4.69) is 15.9 Å². The summed E-state index contributed by atoms with van der Waals surface area (Å²) in [6.45, 7) is -0.0552. The van der Waals surface area contributed by atoms with E-state index in [-0.39, 0.29) is 6.61 Å². The molecule has 0 aliphatic carbocycles. The van der Waals surface area contributed by atoms with Crippen LogP contribution < -0.4 is 9.47 Å². The minimum Gasteiger partial charge on any atom is -0.493 e. The van der Waals surface area contributed by atoms with Gasteiger partial charge in [0.25, 0.3) is 0 Å². The molecule has 0 fully saturated rings. The fourth-order valence-corrected chi connectivity index (χ4v) is 1.62. The summed E-state index contributed by atoms with van der Waals surface area (Å²) < 4.78 is 10.3. The number of aliphatic hydroxyl groups is 1. The zero-order chi connectivity index (χ0) is 10.6. The van der Waals surface area contributed by atoms with Gasteiger partial charge in [-0.2, -0.15) is 0 Å². The fourth-order valence-electron chi connectivity index (χ4n) is 1.30. The van der Waals surface area contributed by atoms with Crippen molar-refractivity contribution in [3.63, 3.8) is 0 Å². The zero-order valence-corrected chi connectivity index (χ0v) is 9.80. The Morgan fingerprint density at radius 3 is 2.43 bits per heavy atom. The Balaban J connectivity index is 3.24. The first kappa shape index (κ1) is 11.3. The third-order valence-corrected chi connectivity index (χ3v) is 2.59. The summed E-state index contributed by atoms with van der Waals surface area (Å²) in [5.41, 5.74) is 1.79. The predicted molar refractivity (Wildman–Crippen MR) is 58.1 cm³/mol. The highest BCUT2D eigenvalue weighted by molar-refractivity contribution is 9.08. The molecule has 0 radical (unpaired) electrons. The van der Waals surface area contributed by atoms with E-state index in [9.17, 15) is 0 Å². The molecule has 0 saturated carbocycles. The number of hydrogen-bond acceptors (Lipinski definition) is 3. The van der Waals surface area contributed by atoms with Crippen LogP contribution in [0.15, 0.2) is 12.1 Å². The second kappa shape index (κ2) is 5.22. The first-order chi connectivity index (χ1) is 6.76. The topological polar surface area (TPSA) is 38.7 Å². The van der Waals surface area contributed by atoms with Crippen molar-refractivity contribution in [2.24, 2.45) is 0 Å². The maximum Gasteiger partial charge on any atom is 0.166 e. The molecule has 4 heteroatoms. The van der Waals surface area contributed by atoms with Crippen molar-refractivity contribution < 1.29 is 14.6 Å². The van der Waals surface area contributed by atoms with Gasteiger partial charge in [0, 0.05) is 10.9 Å². The summed E-state index contributed by atoms with van der Waals surface area (Å²) in [5, 5.41) is 9.86. The summed E-state index contributed by atoms with van der Waals surface area (Å²) in [5.74, 6) is 1.24. The van der Waals surface area contributed by atoms with Gasteiger partial charge in [-0.1, -0.05) is 15.9 Å². The molecular weight excluding hydrogens is 248 g/mol. The van der Waals surface area contributed by atoms with Crippen molar-refractivity contribution in [3.8, 4) is 11.5 Å². The summed E-state index contributed by atoms with van der Waals surface area (Å²) in [6.07, 6.45) is 0. The quantitative estimate of drug-likeness (QED) is 0.843. The molecule has 0 heterocycles. The number of methoxy groups -OCH3 is 2. The monoisotopic (exact) mass is 260 g/mol. The van der Waals surface area contributed by atoms with E-state index >= 15 is 0 Å². The number of aliphatic hydroxyl groups excluding tert-OH is 1. The van der Waals surface area contributed by atoms with Gasteiger partial charge in [-0.05, 0) is 17.7 Å². The molecule has 3 nitrogen and oxygen atoms in total. The fraction of sp³-hybridized carbons (Fsp3) is 0.400. The number of rotatable bonds is 4. The van der Waals surface area contributed by atoms with Crippen molar-refractivity contribution >= 4 is 15.9 Å². The van der Waals surface area contributed by atoms with Crippen LogP contribution in [-0.2, 0) is 11.9 Å². The average molecular weight is 261 g/mol. The molecule has 0 aliphatic rings. The van der Waals surface area contributed by atoms with Crippen LogP contribution in [0.2, 0.25) is 0 Å². The maximum absolute atomic E-state index is 9.14. The molecule has 1 aromatic rings. The van der Waals surface area contributed by atoms with E-state index in [1.807, 2.05) is 12.1 Å². The highest BCUT2D eigenvalue weighted by atomic mass is 79.9. The van der Waals surface area contributed by atoms with Crippen molar-refractivity contribution in [1.29, 1.82) is 0 Å². The zero-order valence-electron chi connectivity index (χ0n) is 8.21. The van der Waals surface area contributed by atoms with Gasteiger partial charge in [0.1, 0.15) is 0 Å². The minimum atomic E-state index is -0.0552. The molecule has 0 aliphatic heterocycles. The van der Waals surface area contributed by atoms with Gasteiger partial charge < -0.3 is 14.6 Å². The van der Waals surface area contributed by atoms with E-state index in [4.69, 9.17) is 14.6 Å². The molecule has 14 heavy (non-hydrogen) atoms. The average Bonchev–Trinajstić information content (AvgIpc) is 2.26. The maximum atomic E-state index is 9.14. The Labute approximate surface area is 91.8 Å². The Hall–Kier alpha value is -0.740. The van der Waals surface area contributed by atoms with E-state index in [1.165, 1.54) is 0 Å². The van der Waals surface area contributed by atoms with E-state index < -0.39 is 0 Å². The van der Waals surface area contributed by atoms with Crippen LogP contribution in [0.5, 0.6) is 11.5 Å². The number of hydrogen-bond donors (Lipinski definition) is 1. The van der Waals surface area contributed by atoms with Crippen LogP contribution >= 0.6 is 15.9 Å². The van der Waals surface area contributed by atoms with Gasteiger partial charge in [0.15, 0.2) is 11.5 Å². The predicted octanol–water partition coefficient (Wildman–Crippen LogP) is 2.09. The molecule has 78 valence electrons. The summed E-state index contributed by atoms with van der Waals surface area (Å²) in [6, 6.07) is 3.77. The lowest BCUT2D eigenvalue weighted by atomic mass is 10.1. The van der Waals surface area contributed by atoms with Crippen LogP contribution in [-0.4, -0.2) is 19.3 Å². The highest BCUT2D eigenvalue weighted by Gasteiger charge is 2.10. The molecule has 1 aromatic carbocycles. The van der Waals surface area contributed by atoms with E-state index in [0.29, 0.717) is 11.5 Å². The van der Waals surface area contributed by atoms with Gasteiger partial charge in [-0.25, -0.2) is 0 Å². The van der Waals surface area contributed by atoms with E-state index in [1.54, 1.807) is 14.2 Å². The Morgan fingerprint density at radius 2 is 2.00 bits per heavy atom. The molecule has 0 saturated heterocycles. The van der Waals surface area contributed by atoms with Crippen LogP contribution in [0.25, 0.3) is 0 Å². The van der Waals surface area contributed by atoms with Crippen LogP contribution in [0.3, 0.4) is 0 Å². The highest BCUT2D eigenvalue weighted by Crippen LogP contribution is 2.33. The molecule has 0 atom stereocenters. The molecule has 0 amide bonds. The van der Waals surface area contributed by atoms with Crippen LogP contribution in [0, 0.1) is 0 Å². The minimum absolute atomic E-state index is 0.0552. The summed E-state index contributed by atoms with van der Waals surface area (Å²) in [4.78, 5) is 0.